The lowest BCUT2D eigenvalue weighted by Crippen LogP contribution is -2.00. The molecule has 0 spiro atoms. The number of hydrogen-bond acceptors (Lipinski definition) is 3. The van der Waals surface area contributed by atoms with E-state index >= 15 is 0 Å². The molecule has 0 amide bonds. The Bertz CT molecular complexity index is 986. The first-order valence-electron chi connectivity index (χ1n) is 11.9. The average molecular weight is 443 g/mol. The number of ether oxygens (including phenoxy) is 2. The van der Waals surface area contributed by atoms with Crippen LogP contribution in [0.2, 0.25) is 0 Å². The Kier molecular flexibility index (Phi) is 9.78. The molecule has 3 nitrogen and oxygen atoms in total. The van der Waals surface area contributed by atoms with Gasteiger partial charge in [0.1, 0.15) is 11.5 Å². The van der Waals surface area contributed by atoms with Crippen LogP contribution >= 0.6 is 0 Å². The fourth-order valence-corrected chi connectivity index (χ4v) is 3.67. The van der Waals surface area contributed by atoms with E-state index in [1.54, 1.807) is 12.1 Å². The number of benzene rings is 3. The molecular formula is C30H34O3. The molecule has 0 saturated carbocycles. The van der Waals surface area contributed by atoms with Crippen molar-refractivity contribution in [1.29, 1.82) is 0 Å². The summed E-state index contributed by atoms with van der Waals surface area (Å²) >= 11 is 0. The van der Waals surface area contributed by atoms with Crippen molar-refractivity contribution in [2.75, 3.05) is 13.2 Å². The smallest absolute Gasteiger partial charge is 0.185 e. The molecule has 3 rings (SSSR count). The first-order chi connectivity index (χ1) is 16.2. The van der Waals surface area contributed by atoms with Crippen LogP contribution in [-0.2, 0) is 6.42 Å². The summed E-state index contributed by atoms with van der Waals surface area (Å²) in [6, 6.07) is 24.4. The second kappa shape index (κ2) is 13.3. The van der Waals surface area contributed by atoms with E-state index in [-0.39, 0.29) is 5.78 Å². The van der Waals surface area contributed by atoms with Crippen LogP contribution in [-0.4, -0.2) is 19.0 Å². The summed E-state index contributed by atoms with van der Waals surface area (Å²) in [5, 5.41) is 0. The van der Waals surface area contributed by atoms with Gasteiger partial charge in [0.15, 0.2) is 5.78 Å². The van der Waals surface area contributed by atoms with Crippen LogP contribution in [0.3, 0.4) is 0 Å². The predicted octanol–water partition coefficient (Wildman–Crippen LogP) is 7.69. The number of rotatable bonds is 14. The molecule has 0 aliphatic rings. The van der Waals surface area contributed by atoms with Gasteiger partial charge in [-0.15, -0.1) is 0 Å². The molecule has 3 heteroatoms. The molecule has 0 unspecified atom stereocenters. The third-order valence-electron chi connectivity index (χ3n) is 5.58. The third-order valence-corrected chi connectivity index (χ3v) is 5.58. The van der Waals surface area contributed by atoms with Crippen molar-refractivity contribution in [2.45, 2.75) is 45.4 Å². The van der Waals surface area contributed by atoms with E-state index in [1.807, 2.05) is 12.1 Å². The Morgan fingerprint density at radius 3 is 1.70 bits per heavy atom. The summed E-state index contributed by atoms with van der Waals surface area (Å²) in [4.78, 5) is 11.5. The van der Waals surface area contributed by atoms with E-state index < -0.39 is 0 Å². The first kappa shape index (κ1) is 24.3. The van der Waals surface area contributed by atoms with E-state index in [1.165, 1.54) is 29.2 Å². The van der Waals surface area contributed by atoms with Crippen LogP contribution in [0.25, 0.3) is 11.1 Å². The van der Waals surface area contributed by atoms with Crippen LogP contribution in [0, 0.1) is 0 Å². The molecule has 0 aromatic heterocycles. The molecule has 0 aliphatic heterocycles. The van der Waals surface area contributed by atoms with Gasteiger partial charge in [-0.1, -0.05) is 56.3 Å². The van der Waals surface area contributed by atoms with Gasteiger partial charge >= 0.3 is 0 Å². The molecule has 0 bridgehead atoms. The van der Waals surface area contributed by atoms with Crippen LogP contribution in [0.5, 0.6) is 11.5 Å². The van der Waals surface area contributed by atoms with Gasteiger partial charge < -0.3 is 9.47 Å². The van der Waals surface area contributed by atoms with Crippen molar-refractivity contribution in [3.8, 4) is 22.6 Å². The van der Waals surface area contributed by atoms with Crippen molar-refractivity contribution in [3.05, 3.63) is 96.6 Å². The van der Waals surface area contributed by atoms with Gasteiger partial charge in [0.25, 0.3) is 0 Å². The quantitative estimate of drug-likeness (QED) is 0.146. The molecule has 0 radical (unpaired) electrons. The van der Waals surface area contributed by atoms with Gasteiger partial charge in [-0.05, 0) is 91.3 Å². The van der Waals surface area contributed by atoms with Crippen LogP contribution in [0.4, 0.5) is 0 Å². The predicted molar refractivity (Wildman–Crippen MR) is 136 cm³/mol. The Morgan fingerprint density at radius 1 is 0.727 bits per heavy atom. The van der Waals surface area contributed by atoms with Crippen molar-refractivity contribution < 1.29 is 14.3 Å². The number of ketones is 1. The molecule has 172 valence electrons. The maximum Gasteiger partial charge on any atom is 0.185 e. The zero-order chi connectivity index (χ0) is 23.3. The number of unbranched alkanes of at least 4 members (excludes halogenated alkanes) is 3. The number of carbonyl (C=O) groups excluding carboxylic acids is 1. The third kappa shape index (κ3) is 7.94. The summed E-state index contributed by atoms with van der Waals surface area (Å²) in [6.45, 7) is 7.11. The fraction of sp³-hybridized carbons (Fsp3) is 0.300. The first-order valence-corrected chi connectivity index (χ1v) is 11.9. The second-order valence-corrected chi connectivity index (χ2v) is 8.18. The fourth-order valence-electron chi connectivity index (χ4n) is 3.67. The van der Waals surface area contributed by atoms with E-state index in [2.05, 4.69) is 62.0 Å². The van der Waals surface area contributed by atoms with Gasteiger partial charge in [-0.25, -0.2) is 0 Å². The van der Waals surface area contributed by atoms with Crippen LogP contribution in [0.15, 0.2) is 85.5 Å². The van der Waals surface area contributed by atoms with Crippen molar-refractivity contribution >= 4 is 5.78 Å². The minimum absolute atomic E-state index is 0.0724. The van der Waals surface area contributed by atoms with E-state index in [4.69, 9.17) is 9.47 Å². The second-order valence-electron chi connectivity index (χ2n) is 8.18. The van der Waals surface area contributed by atoms with Gasteiger partial charge in [-0.2, -0.15) is 0 Å². The molecule has 0 aliphatic carbocycles. The molecule has 3 aromatic carbocycles. The Hall–Kier alpha value is -3.33. The van der Waals surface area contributed by atoms with Crippen molar-refractivity contribution in [2.24, 2.45) is 0 Å². The molecular weight excluding hydrogens is 408 g/mol. The molecule has 0 heterocycles. The number of allylic oxidation sites excluding steroid dienone is 1. The normalized spacial score (nSPS) is 10.6. The Balaban J connectivity index is 1.28. The molecule has 0 fully saturated rings. The topological polar surface area (TPSA) is 35.5 Å². The summed E-state index contributed by atoms with van der Waals surface area (Å²) in [6.07, 6.45) is 7.86. The maximum absolute atomic E-state index is 11.5. The Labute approximate surface area is 198 Å². The monoisotopic (exact) mass is 442 g/mol. The van der Waals surface area contributed by atoms with Crippen LogP contribution in [0.1, 0.15) is 54.9 Å². The van der Waals surface area contributed by atoms with E-state index in [0.717, 1.165) is 50.2 Å². The molecule has 0 N–H and O–H groups in total. The van der Waals surface area contributed by atoms with E-state index in [9.17, 15) is 4.79 Å². The van der Waals surface area contributed by atoms with Gasteiger partial charge in [0.05, 0.1) is 13.2 Å². The average Bonchev–Trinajstić information content (AvgIpc) is 2.86. The largest absolute Gasteiger partial charge is 0.494 e. The van der Waals surface area contributed by atoms with Gasteiger partial charge in [0.2, 0.25) is 0 Å². The van der Waals surface area contributed by atoms with Gasteiger partial charge in [0, 0.05) is 5.56 Å². The van der Waals surface area contributed by atoms with Crippen LogP contribution < -0.4 is 9.47 Å². The lowest BCUT2D eigenvalue weighted by Gasteiger charge is -2.09. The molecule has 33 heavy (non-hydrogen) atoms. The summed E-state index contributed by atoms with van der Waals surface area (Å²) in [5.74, 6) is 1.64. The zero-order valence-electron chi connectivity index (χ0n) is 19.6. The number of hydrogen-bond donors (Lipinski definition) is 0. The van der Waals surface area contributed by atoms with Crippen molar-refractivity contribution in [1.82, 2.24) is 0 Å². The minimum atomic E-state index is -0.0724. The lowest BCUT2D eigenvalue weighted by atomic mass is 10.0. The highest BCUT2D eigenvalue weighted by Gasteiger charge is 2.02. The minimum Gasteiger partial charge on any atom is -0.494 e. The number of aryl methyl sites for hydroxylation is 1. The summed E-state index contributed by atoms with van der Waals surface area (Å²) < 4.78 is 11.6. The zero-order valence-corrected chi connectivity index (χ0v) is 19.6. The van der Waals surface area contributed by atoms with E-state index in [0.29, 0.717) is 12.2 Å². The molecule has 3 aromatic rings. The SMILES string of the molecule is C=CC(=O)c1ccc(OCCCCCCOc2ccc(-c3ccc(CCC)cc3)cc2)cc1. The highest BCUT2D eigenvalue weighted by Crippen LogP contribution is 2.23. The van der Waals surface area contributed by atoms with Crippen molar-refractivity contribution in [3.63, 3.8) is 0 Å². The van der Waals surface area contributed by atoms with Gasteiger partial charge in [-0.3, -0.25) is 4.79 Å². The lowest BCUT2D eigenvalue weighted by molar-refractivity contribution is 0.104. The summed E-state index contributed by atoms with van der Waals surface area (Å²) in [7, 11) is 0. The maximum atomic E-state index is 11.5. The Morgan fingerprint density at radius 2 is 1.21 bits per heavy atom. The highest BCUT2D eigenvalue weighted by atomic mass is 16.5. The molecule has 0 saturated heterocycles. The standard InChI is InChI=1S/C30H34O3/c1-3-9-24-10-12-25(13-11-24)26-14-18-28(19-15-26)32-22-7-5-6-8-23-33-29-20-16-27(17-21-29)30(31)4-2/h4,10-21H,2-3,5-9,22-23H2,1H3. The summed E-state index contributed by atoms with van der Waals surface area (Å²) in [5.41, 5.74) is 4.48. The number of carbonyl (C=O) groups is 1. The highest BCUT2D eigenvalue weighted by molar-refractivity contribution is 6.04. The molecule has 0 atom stereocenters.